The number of amides is 1. The van der Waals surface area contributed by atoms with Crippen LogP contribution in [0.25, 0.3) is 5.69 Å². The van der Waals surface area contributed by atoms with Crippen LogP contribution in [0.5, 0.6) is 0 Å². The first kappa shape index (κ1) is 18.8. The third kappa shape index (κ3) is 4.01. The molecule has 1 aliphatic heterocycles. The van der Waals surface area contributed by atoms with Gasteiger partial charge >= 0.3 is 0 Å². The van der Waals surface area contributed by atoms with E-state index in [0.29, 0.717) is 36.6 Å². The molecule has 1 fully saturated rings. The molecular formula is C21H22N6O2. The molecule has 4 rings (SSSR count). The van der Waals surface area contributed by atoms with Gasteiger partial charge in [-0.1, -0.05) is 18.2 Å². The number of carbonyl (C=O) groups excluding carboxylic acids is 2. The maximum atomic E-state index is 13.2. The van der Waals surface area contributed by atoms with Crippen LogP contribution in [0, 0.1) is 0 Å². The Bertz CT molecular complexity index is 1020. The number of hydrogen-bond acceptors (Lipinski definition) is 6. The van der Waals surface area contributed by atoms with Gasteiger partial charge in [-0.15, -0.1) is 0 Å². The zero-order valence-electron chi connectivity index (χ0n) is 16.2. The van der Waals surface area contributed by atoms with Gasteiger partial charge in [0.25, 0.3) is 5.91 Å². The van der Waals surface area contributed by atoms with Crippen molar-refractivity contribution in [3.8, 4) is 5.69 Å². The second-order valence-corrected chi connectivity index (χ2v) is 6.91. The van der Waals surface area contributed by atoms with Crippen LogP contribution in [0.1, 0.15) is 34.2 Å². The number of rotatable bonds is 4. The van der Waals surface area contributed by atoms with Crippen LogP contribution in [-0.2, 0) is 0 Å². The van der Waals surface area contributed by atoms with Crippen LogP contribution in [0.3, 0.4) is 0 Å². The summed E-state index contributed by atoms with van der Waals surface area (Å²) in [5.41, 5.74) is 1.70. The normalized spacial score (nSPS) is 14.5. The van der Waals surface area contributed by atoms with Crippen molar-refractivity contribution in [2.75, 3.05) is 31.1 Å². The number of benzene rings is 1. The van der Waals surface area contributed by atoms with Crippen molar-refractivity contribution in [1.82, 2.24) is 24.9 Å². The maximum Gasteiger partial charge on any atom is 0.256 e. The van der Waals surface area contributed by atoms with E-state index in [0.717, 1.165) is 18.8 Å². The Hall–Kier alpha value is -3.55. The summed E-state index contributed by atoms with van der Waals surface area (Å²) in [6.45, 7) is 4.18. The summed E-state index contributed by atoms with van der Waals surface area (Å²) in [6.07, 6.45) is 4.00. The molecule has 29 heavy (non-hydrogen) atoms. The second kappa shape index (κ2) is 8.22. The van der Waals surface area contributed by atoms with Gasteiger partial charge in [0.2, 0.25) is 0 Å². The van der Waals surface area contributed by atoms with Crippen molar-refractivity contribution < 1.29 is 9.59 Å². The summed E-state index contributed by atoms with van der Waals surface area (Å²) >= 11 is 0. The first-order valence-corrected chi connectivity index (χ1v) is 9.61. The van der Waals surface area contributed by atoms with Gasteiger partial charge in [0.15, 0.2) is 5.78 Å². The average Bonchev–Trinajstić information content (AvgIpc) is 3.17. The zero-order valence-corrected chi connectivity index (χ0v) is 16.2. The van der Waals surface area contributed by atoms with Gasteiger partial charge < -0.3 is 9.80 Å². The van der Waals surface area contributed by atoms with E-state index in [2.05, 4.69) is 20.1 Å². The lowest BCUT2D eigenvalue weighted by Gasteiger charge is -2.23. The first-order chi connectivity index (χ1) is 14.1. The van der Waals surface area contributed by atoms with Gasteiger partial charge in [-0.05, 0) is 30.7 Å². The molecule has 0 radical (unpaired) electrons. The molecule has 1 amide bonds. The third-order valence-electron chi connectivity index (χ3n) is 4.97. The summed E-state index contributed by atoms with van der Waals surface area (Å²) in [7, 11) is 0. The van der Waals surface area contributed by atoms with E-state index in [-0.39, 0.29) is 11.7 Å². The number of anilines is 1. The highest BCUT2D eigenvalue weighted by atomic mass is 16.2. The fourth-order valence-corrected chi connectivity index (χ4v) is 3.48. The zero-order chi connectivity index (χ0) is 20.2. The Morgan fingerprint density at radius 3 is 2.48 bits per heavy atom. The first-order valence-electron chi connectivity index (χ1n) is 9.61. The molecular weight excluding hydrogens is 368 g/mol. The van der Waals surface area contributed by atoms with E-state index < -0.39 is 0 Å². The minimum atomic E-state index is -0.0534. The monoisotopic (exact) mass is 390 g/mol. The van der Waals surface area contributed by atoms with Crippen LogP contribution in [0.15, 0.2) is 54.9 Å². The van der Waals surface area contributed by atoms with E-state index in [1.165, 1.54) is 11.7 Å². The molecule has 1 saturated heterocycles. The summed E-state index contributed by atoms with van der Waals surface area (Å²) in [4.78, 5) is 34.8. The number of aromatic nitrogens is 4. The number of carbonyl (C=O) groups is 2. The number of Topliss-reactive ketones (excluding diaryl/α,β-unsaturated/α-hetero) is 1. The van der Waals surface area contributed by atoms with Gasteiger partial charge in [-0.2, -0.15) is 15.0 Å². The number of ketones is 1. The molecule has 0 atom stereocenters. The largest absolute Gasteiger partial charge is 0.355 e. The number of para-hydroxylation sites is 1. The minimum absolute atomic E-state index is 0.0369. The van der Waals surface area contributed by atoms with E-state index in [9.17, 15) is 9.59 Å². The van der Waals surface area contributed by atoms with Gasteiger partial charge in [-0.25, -0.2) is 4.98 Å². The van der Waals surface area contributed by atoms with Crippen molar-refractivity contribution in [3.63, 3.8) is 0 Å². The van der Waals surface area contributed by atoms with Crippen molar-refractivity contribution in [2.45, 2.75) is 13.3 Å². The van der Waals surface area contributed by atoms with Crippen molar-refractivity contribution in [3.05, 3.63) is 66.1 Å². The fourth-order valence-electron chi connectivity index (χ4n) is 3.48. The smallest absolute Gasteiger partial charge is 0.256 e. The van der Waals surface area contributed by atoms with Crippen LogP contribution < -0.4 is 4.90 Å². The van der Waals surface area contributed by atoms with Crippen molar-refractivity contribution >= 4 is 17.5 Å². The topological polar surface area (TPSA) is 84.2 Å². The Kier molecular flexibility index (Phi) is 5.33. The maximum absolute atomic E-state index is 13.2. The van der Waals surface area contributed by atoms with Crippen LogP contribution >= 0.6 is 0 Å². The fraction of sp³-hybridized carbons (Fsp3) is 0.286. The summed E-state index contributed by atoms with van der Waals surface area (Å²) in [6, 6.07) is 12.8. The molecule has 0 unspecified atom stereocenters. The number of hydrogen-bond donors (Lipinski definition) is 0. The molecule has 8 nitrogen and oxygen atoms in total. The van der Waals surface area contributed by atoms with E-state index >= 15 is 0 Å². The molecule has 0 saturated carbocycles. The minimum Gasteiger partial charge on any atom is -0.355 e. The Balaban J connectivity index is 1.52. The SMILES string of the molecule is CC(=O)c1cccc(N2CCCN(C(=O)c3ccccc3-n3nccn3)CC2)n1. The molecule has 3 aromatic rings. The van der Waals surface area contributed by atoms with Gasteiger partial charge in [0.05, 0.1) is 23.6 Å². The summed E-state index contributed by atoms with van der Waals surface area (Å²) in [5.74, 6) is 0.681. The lowest BCUT2D eigenvalue weighted by molar-refractivity contribution is 0.0766. The molecule has 0 N–H and O–H groups in total. The third-order valence-corrected chi connectivity index (χ3v) is 4.97. The lowest BCUT2D eigenvalue weighted by Crippen LogP contribution is -2.36. The van der Waals surface area contributed by atoms with Crippen LogP contribution in [0.2, 0.25) is 0 Å². The summed E-state index contributed by atoms with van der Waals surface area (Å²) in [5, 5.41) is 8.32. The van der Waals surface area contributed by atoms with Crippen molar-refractivity contribution in [1.29, 1.82) is 0 Å². The predicted octanol–water partition coefficient (Wildman–Crippen LogP) is 2.22. The van der Waals surface area contributed by atoms with E-state index in [1.54, 1.807) is 18.5 Å². The Morgan fingerprint density at radius 2 is 1.69 bits per heavy atom. The standard InChI is InChI=1S/C21H22N6O2/c1-16(28)18-7-4-9-20(24-18)25-12-5-13-26(15-14-25)21(29)17-6-2-3-8-19(17)27-22-10-11-23-27/h2-4,6-11H,5,12-15H2,1H3. The molecule has 1 aliphatic rings. The quantitative estimate of drug-likeness (QED) is 0.635. The predicted molar refractivity (Wildman–Crippen MR) is 108 cm³/mol. The Labute approximate surface area is 168 Å². The average molecular weight is 390 g/mol. The Morgan fingerprint density at radius 1 is 0.897 bits per heavy atom. The van der Waals surface area contributed by atoms with Gasteiger partial charge in [-0.3, -0.25) is 9.59 Å². The van der Waals surface area contributed by atoms with Crippen LogP contribution in [0.4, 0.5) is 5.82 Å². The summed E-state index contributed by atoms with van der Waals surface area (Å²) < 4.78 is 0. The van der Waals surface area contributed by atoms with Gasteiger partial charge in [0.1, 0.15) is 11.5 Å². The second-order valence-electron chi connectivity index (χ2n) is 6.91. The lowest BCUT2D eigenvalue weighted by atomic mass is 10.1. The van der Waals surface area contributed by atoms with Crippen LogP contribution in [-0.4, -0.2) is 62.7 Å². The molecule has 0 bridgehead atoms. The molecule has 3 heterocycles. The van der Waals surface area contributed by atoms with Crippen molar-refractivity contribution in [2.24, 2.45) is 0 Å². The molecule has 1 aromatic carbocycles. The number of pyridine rings is 1. The molecule has 0 aliphatic carbocycles. The molecule has 8 heteroatoms. The highest BCUT2D eigenvalue weighted by Crippen LogP contribution is 2.19. The van der Waals surface area contributed by atoms with E-state index in [1.807, 2.05) is 41.3 Å². The highest BCUT2D eigenvalue weighted by Gasteiger charge is 2.23. The molecule has 148 valence electrons. The number of nitrogens with zero attached hydrogens (tertiary/aromatic N) is 6. The van der Waals surface area contributed by atoms with E-state index in [4.69, 9.17) is 0 Å². The molecule has 0 spiro atoms. The molecule has 2 aromatic heterocycles. The highest BCUT2D eigenvalue weighted by molar-refractivity contribution is 5.97. The van der Waals surface area contributed by atoms with Gasteiger partial charge in [0, 0.05) is 33.1 Å².